The number of benzene rings is 1. The van der Waals surface area contributed by atoms with E-state index < -0.39 is 0 Å². The van der Waals surface area contributed by atoms with Gasteiger partial charge in [0.15, 0.2) is 0 Å². The number of nitrogens with zero attached hydrogens (tertiary/aromatic N) is 4. The number of aryl methyl sites for hydroxylation is 1. The molecule has 158 valence electrons. The summed E-state index contributed by atoms with van der Waals surface area (Å²) in [7, 11) is 1.64. The zero-order valence-corrected chi connectivity index (χ0v) is 17.7. The second kappa shape index (κ2) is 7.65. The van der Waals surface area contributed by atoms with Crippen molar-refractivity contribution in [2.45, 2.75) is 45.3 Å². The van der Waals surface area contributed by atoms with Crippen molar-refractivity contribution in [2.75, 3.05) is 7.11 Å². The molecule has 3 heterocycles. The highest BCUT2D eigenvalue weighted by Gasteiger charge is 2.31. The summed E-state index contributed by atoms with van der Waals surface area (Å²) in [6, 6.07) is 9.92. The molecule has 0 saturated heterocycles. The maximum absolute atomic E-state index is 13.2. The fourth-order valence-electron chi connectivity index (χ4n) is 4.05. The molecule has 0 spiro atoms. The molecule has 2 aromatic heterocycles. The van der Waals surface area contributed by atoms with E-state index in [2.05, 4.69) is 4.98 Å². The third-order valence-corrected chi connectivity index (χ3v) is 6.00. The van der Waals surface area contributed by atoms with Gasteiger partial charge in [-0.25, -0.2) is 9.97 Å². The van der Waals surface area contributed by atoms with Gasteiger partial charge in [0.2, 0.25) is 0 Å². The van der Waals surface area contributed by atoms with Gasteiger partial charge in [0.25, 0.3) is 11.5 Å². The second-order valence-corrected chi connectivity index (χ2v) is 8.26. The highest BCUT2D eigenvalue weighted by Crippen LogP contribution is 2.33. The van der Waals surface area contributed by atoms with E-state index in [0.717, 1.165) is 35.4 Å². The molecule has 1 fully saturated rings. The SMILES string of the molecule is COc1ccc(Cc2ncc3c(n2)CN(C(=O)c2c(C)ccn(C4CC4)c2=O)C3)cc1. The Hall–Kier alpha value is -3.48. The first-order valence-corrected chi connectivity index (χ1v) is 10.5. The molecule has 3 aromatic rings. The molecule has 0 radical (unpaired) electrons. The lowest BCUT2D eigenvalue weighted by atomic mass is 10.1. The Balaban J connectivity index is 1.35. The van der Waals surface area contributed by atoms with Crippen LogP contribution in [0.15, 0.2) is 47.5 Å². The minimum absolute atomic E-state index is 0.185. The summed E-state index contributed by atoms with van der Waals surface area (Å²) < 4.78 is 6.90. The Kier molecular flexibility index (Phi) is 4.81. The average Bonchev–Trinajstić information content (AvgIpc) is 3.52. The monoisotopic (exact) mass is 416 g/mol. The van der Waals surface area contributed by atoms with Gasteiger partial charge in [-0.05, 0) is 49.1 Å². The third kappa shape index (κ3) is 3.71. The number of pyridine rings is 1. The normalized spacial score (nSPS) is 15.1. The highest BCUT2D eigenvalue weighted by atomic mass is 16.5. The van der Waals surface area contributed by atoms with Crippen molar-refractivity contribution in [1.29, 1.82) is 0 Å². The number of amides is 1. The Labute approximate surface area is 180 Å². The Bertz CT molecular complexity index is 1210. The summed E-state index contributed by atoms with van der Waals surface area (Å²) in [6.07, 6.45) is 6.21. The Morgan fingerprint density at radius 3 is 2.65 bits per heavy atom. The van der Waals surface area contributed by atoms with Crippen LogP contribution in [-0.4, -0.2) is 32.5 Å². The topological polar surface area (TPSA) is 77.3 Å². The van der Waals surface area contributed by atoms with Gasteiger partial charge in [0.1, 0.15) is 17.1 Å². The van der Waals surface area contributed by atoms with Crippen LogP contribution < -0.4 is 10.3 Å². The van der Waals surface area contributed by atoms with Gasteiger partial charge < -0.3 is 14.2 Å². The molecule has 7 heteroatoms. The van der Waals surface area contributed by atoms with Gasteiger partial charge in [-0.1, -0.05) is 12.1 Å². The number of hydrogen-bond donors (Lipinski definition) is 0. The van der Waals surface area contributed by atoms with Gasteiger partial charge in [0.05, 0.1) is 19.3 Å². The average molecular weight is 416 g/mol. The lowest BCUT2D eigenvalue weighted by molar-refractivity contribution is 0.0747. The first kappa shape index (κ1) is 19.5. The first-order chi connectivity index (χ1) is 15.0. The number of aromatic nitrogens is 3. The second-order valence-electron chi connectivity index (χ2n) is 8.26. The molecule has 1 aliphatic heterocycles. The molecule has 1 aromatic carbocycles. The number of rotatable bonds is 5. The summed E-state index contributed by atoms with van der Waals surface area (Å²) in [4.78, 5) is 37.0. The van der Waals surface area contributed by atoms with Crippen molar-refractivity contribution in [3.63, 3.8) is 0 Å². The van der Waals surface area contributed by atoms with E-state index in [-0.39, 0.29) is 23.1 Å². The zero-order chi connectivity index (χ0) is 21.5. The molecular formula is C24H24N4O3. The van der Waals surface area contributed by atoms with Crippen LogP contribution in [0.25, 0.3) is 0 Å². The van der Waals surface area contributed by atoms with Crippen molar-refractivity contribution in [3.05, 3.63) is 86.9 Å². The van der Waals surface area contributed by atoms with E-state index in [1.54, 1.807) is 22.8 Å². The first-order valence-electron chi connectivity index (χ1n) is 10.5. The van der Waals surface area contributed by atoms with Crippen LogP contribution in [0.1, 0.15) is 57.5 Å². The number of ether oxygens (including phenoxy) is 1. The summed E-state index contributed by atoms with van der Waals surface area (Å²) in [5.74, 6) is 1.29. The molecule has 1 amide bonds. The predicted molar refractivity (Wildman–Crippen MR) is 115 cm³/mol. The standard InChI is InChI=1S/C24H24N4O3/c1-15-9-10-28(18-5-6-18)24(30)22(15)23(29)27-13-17-12-25-21(26-20(17)14-27)11-16-3-7-19(31-2)8-4-16/h3-4,7-10,12,18H,5-6,11,13-14H2,1-2H3. The number of hydrogen-bond acceptors (Lipinski definition) is 5. The highest BCUT2D eigenvalue weighted by molar-refractivity contribution is 5.95. The molecule has 2 aliphatic rings. The molecule has 1 saturated carbocycles. The van der Waals surface area contributed by atoms with Crippen molar-refractivity contribution in [2.24, 2.45) is 0 Å². The van der Waals surface area contributed by atoms with E-state index in [1.807, 2.05) is 43.5 Å². The smallest absolute Gasteiger partial charge is 0.263 e. The van der Waals surface area contributed by atoms with Gasteiger partial charge in [-0.15, -0.1) is 0 Å². The van der Waals surface area contributed by atoms with Crippen LogP contribution in [0.2, 0.25) is 0 Å². The van der Waals surface area contributed by atoms with Crippen molar-refractivity contribution < 1.29 is 9.53 Å². The van der Waals surface area contributed by atoms with E-state index in [0.29, 0.717) is 30.9 Å². The van der Waals surface area contributed by atoms with Crippen LogP contribution in [0.4, 0.5) is 0 Å². The lowest BCUT2D eigenvalue weighted by Gasteiger charge is -2.17. The maximum atomic E-state index is 13.2. The maximum Gasteiger partial charge on any atom is 0.263 e. The van der Waals surface area contributed by atoms with Gasteiger partial charge in [0, 0.05) is 37.0 Å². The molecule has 31 heavy (non-hydrogen) atoms. The van der Waals surface area contributed by atoms with E-state index in [4.69, 9.17) is 9.72 Å². The van der Waals surface area contributed by atoms with Gasteiger partial charge in [-0.3, -0.25) is 9.59 Å². The van der Waals surface area contributed by atoms with Gasteiger partial charge in [-0.2, -0.15) is 0 Å². The molecule has 0 bridgehead atoms. The Morgan fingerprint density at radius 2 is 1.94 bits per heavy atom. The minimum atomic E-state index is -0.229. The molecule has 0 atom stereocenters. The summed E-state index contributed by atoms with van der Waals surface area (Å²) in [5, 5.41) is 0. The third-order valence-electron chi connectivity index (χ3n) is 6.00. The van der Waals surface area contributed by atoms with Crippen molar-refractivity contribution in [3.8, 4) is 5.75 Å². The van der Waals surface area contributed by atoms with Crippen LogP contribution in [-0.2, 0) is 19.5 Å². The molecular weight excluding hydrogens is 392 g/mol. The largest absolute Gasteiger partial charge is 0.497 e. The minimum Gasteiger partial charge on any atom is -0.497 e. The summed E-state index contributed by atoms with van der Waals surface area (Å²) in [5.41, 5.74) is 3.68. The lowest BCUT2D eigenvalue weighted by Crippen LogP contribution is -2.34. The van der Waals surface area contributed by atoms with Crippen LogP contribution >= 0.6 is 0 Å². The van der Waals surface area contributed by atoms with Crippen molar-refractivity contribution in [1.82, 2.24) is 19.4 Å². The van der Waals surface area contributed by atoms with E-state index in [9.17, 15) is 9.59 Å². The quantitative estimate of drug-likeness (QED) is 0.639. The number of carbonyl (C=O) groups excluding carboxylic acids is 1. The molecule has 7 nitrogen and oxygen atoms in total. The van der Waals surface area contributed by atoms with Crippen LogP contribution in [0.5, 0.6) is 5.75 Å². The summed E-state index contributed by atoms with van der Waals surface area (Å²) in [6.45, 7) is 2.64. The molecule has 1 aliphatic carbocycles. The number of methoxy groups -OCH3 is 1. The van der Waals surface area contributed by atoms with Gasteiger partial charge >= 0.3 is 0 Å². The zero-order valence-electron chi connectivity index (χ0n) is 17.7. The fourth-order valence-corrected chi connectivity index (χ4v) is 4.05. The van der Waals surface area contributed by atoms with Crippen LogP contribution in [0, 0.1) is 6.92 Å². The summed E-state index contributed by atoms with van der Waals surface area (Å²) >= 11 is 0. The molecule has 0 N–H and O–H groups in total. The number of fused-ring (bicyclic) bond motifs is 1. The van der Waals surface area contributed by atoms with E-state index in [1.165, 1.54) is 0 Å². The van der Waals surface area contributed by atoms with Crippen LogP contribution in [0.3, 0.4) is 0 Å². The van der Waals surface area contributed by atoms with Crippen molar-refractivity contribution >= 4 is 5.91 Å². The molecule has 0 unspecified atom stereocenters. The van der Waals surface area contributed by atoms with E-state index >= 15 is 0 Å². The predicted octanol–water partition coefficient (Wildman–Crippen LogP) is 3.04. The molecule has 5 rings (SSSR count). The Morgan fingerprint density at radius 1 is 1.16 bits per heavy atom. The number of carbonyl (C=O) groups is 1. The fraction of sp³-hybridized carbons (Fsp3) is 0.333.